The largest absolute Gasteiger partial charge is 0.434 e. The molecule has 0 N–H and O–H groups in total. The lowest BCUT2D eigenvalue weighted by Crippen LogP contribution is -2.30. The molecule has 0 fully saturated rings. The zero-order chi connectivity index (χ0) is 19.4. The molecule has 28 heavy (non-hydrogen) atoms. The Morgan fingerprint density at radius 3 is 2.54 bits per heavy atom. The van der Waals surface area contributed by atoms with Gasteiger partial charge in [0.15, 0.2) is 11.2 Å². The highest BCUT2D eigenvalue weighted by atomic mass is 16.3. The molecule has 1 aliphatic heterocycles. The summed E-state index contributed by atoms with van der Waals surface area (Å²) in [6, 6.07) is 14.2. The predicted molar refractivity (Wildman–Crippen MR) is 104 cm³/mol. The van der Waals surface area contributed by atoms with E-state index < -0.39 is 0 Å². The number of fused-ring (bicyclic) bond motifs is 2. The molecule has 2 aromatic carbocycles. The van der Waals surface area contributed by atoms with Crippen molar-refractivity contribution < 1.29 is 14.0 Å². The Morgan fingerprint density at radius 2 is 1.75 bits per heavy atom. The first-order chi connectivity index (χ1) is 13.5. The van der Waals surface area contributed by atoms with Gasteiger partial charge in [-0.2, -0.15) is 4.98 Å². The Hall–Kier alpha value is -3.80. The van der Waals surface area contributed by atoms with Crippen molar-refractivity contribution in [1.82, 2.24) is 9.97 Å². The van der Waals surface area contributed by atoms with Crippen molar-refractivity contribution in [3.8, 4) is 11.5 Å². The number of amides is 2. The van der Waals surface area contributed by atoms with Crippen molar-refractivity contribution in [3.05, 3.63) is 77.0 Å². The second-order valence-electron chi connectivity index (χ2n) is 6.84. The molecular weight excluding hydrogens is 354 g/mol. The van der Waals surface area contributed by atoms with E-state index in [1.165, 1.54) is 4.90 Å². The molecule has 0 saturated heterocycles. The van der Waals surface area contributed by atoms with E-state index in [9.17, 15) is 9.59 Å². The summed E-state index contributed by atoms with van der Waals surface area (Å²) in [7, 11) is 0. The average Bonchev–Trinajstić information content (AvgIpc) is 3.22. The van der Waals surface area contributed by atoms with Gasteiger partial charge in [0.2, 0.25) is 5.89 Å². The van der Waals surface area contributed by atoms with E-state index in [1.807, 2.05) is 26.0 Å². The second kappa shape index (κ2) is 5.85. The maximum Gasteiger partial charge on any atom is 0.266 e. The standard InChI is InChI=1S/C22H15N3O3/c1-12-5-8-17(13(2)10-12)25-21(26)15-7-6-14(11-16(15)22(25)27)20-24-19-18(28-20)4-3-9-23-19/h3-11H,1-2H3. The van der Waals surface area contributed by atoms with Crippen molar-refractivity contribution in [1.29, 1.82) is 0 Å². The van der Waals surface area contributed by atoms with Gasteiger partial charge in [-0.3, -0.25) is 9.59 Å². The van der Waals surface area contributed by atoms with Gasteiger partial charge in [0.25, 0.3) is 11.8 Å². The van der Waals surface area contributed by atoms with Gasteiger partial charge in [0.05, 0.1) is 16.8 Å². The third-order valence-electron chi connectivity index (χ3n) is 4.89. The number of imide groups is 1. The van der Waals surface area contributed by atoms with Crippen LogP contribution in [0.15, 0.2) is 59.1 Å². The molecule has 6 nitrogen and oxygen atoms in total. The lowest BCUT2D eigenvalue weighted by Gasteiger charge is -2.16. The first-order valence-electron chi connectivity index (χ1n) is 8.85. The Labute approximate surface area is 160 Å². The molecule has 0 radical (unpaired) electrons. The fraction of sp³-hybridized carbons (Fsp3) is 0.0909. The van der Waals surface area contributed by atoms with Gasteiger partial charge in [-0.25, -0.2) is 9.88 Å². The lowest BCUT2D eigenvalue weighted by molar-refractivity contribution is 0.0926. The highest BCUT2D eigenvalue weighted by Gasteiger charge is 2.37. The molecule has 0 bridgehead atoms. The molecule has 0 saturated carbocycles. The van der Waals surface area contributed by atoms with Crippen LogP contribution in [0.25, 0.3) is 22.7 Å². The van der Waals surface area contributed by atoms with Gasteiger partial charge in [0, 0.05) is 11.8 Å². The van der Waals surface area contributed by atoms with Crippen molar-refractivity contribution in [2.24, 2.45) is 0 Å². The third-order valence-corrected chi connectivity index (χ3v) is 4.89. The number of pyridine rings is 1. The summed E-state index contributed by atoms with van der Waals surface area (Å²) in [5.74, 6) is -0.303. The normalized spacial score (nSPS) is 13.4. The molecule has 0 unspecified atom stereocenters. The molecule has 1 aliphatic rings. The number of rotatable bonds is 2. The van der Waals surface area contributed by atoms with E-state index in [4.69, 9.17) is 4.42 Å². The first kappa shape index (κ1) is 16.4. The van der Waals surface area contributed by atoms with E-state index in [0.29, 0.717) is 39.5 Å². The number of benzene rings is 2. The van der Waals surface area contributed by atoms with Crippen molar-refractivity contribution in [2.45, 2.75) is 13.8 Å². The second-order valence-corrected chi connectivity index (χ2v) is 6.84. The van der Waals surface area contributed by atoms with E-state index in [-0.39, 0.29) is 11.8 Å². The summed E-state index contributed by atoms with van der Waals surface area (Å²) in [6.07, 6.45) is 1.64. The van der Waals surface area contributed by atoms with E-state index in [2.05, 4.69) is 9.97 Å². The fourth-order valence-corrected chi connectivity index (χ4v) is 3.54. The smallest absolute Gasteiger partial charge is 0.266 e. The number of carbonyl (C=O) groups is 2. The molecule has 3 heterocycles. The summed E-state index contributed by atoms with van der Waals surface area (Å²) >= 11 is 0. The van der Waals surface area contributed by atoms with Crippen LogP contribution in [0.4, 0.5) is 5.69 Å². The van der Waals surface area contributed by atoms with Crippen LogP contribution in [0.2, 0.25) is 0 Å². The van der Waals surface area contributed by atoms with Gasteiger partial charge >= 0.3 is 0 Å². The first-order valence-corrected chi connectivity index (χ1v) is 8.85. The number of nitrogens with zero attached hydrogens (tertiary/aromatic N) is 3. The number of oxazole rings is 1. The minimum atomic E-state index is -0.344. The molecule has 0 aliphatic carbocycles. The maximum absolute atomic E-state index is 13.0. The number of hydrogen-bond acceptors (Lipinski definition) is 5. The Morgan fingerprint density at radius 1 is 0.929 bits per heavy atom. The van der Waals surface area contributed by atoms with Crippen LogP contribution in [0.5, 0.6) is 0 Å². The maximum atomic E-state index is 13.0. The molecule has 4 aromatic rings. The monoisotopic (exact) mass is 369 g/mol. The van der Waals surface area contributed by atoms with Gasteiger partial charge in [-0.15, -0.1) is 0 Å². The number of hydrogen-bond donors (Lipinski definition) is 0. The highest BCUT2D eigenvalue weighted by molar-refractivity contribution is 6.34. The van der Waals surface area contributed by atoms with Crippen molar-refractivity contribution in [2.75, 3.05) is 4.90 Å². The quantitative estimate of drug-likeness (QED) is 0.492. The fourth-order valence-electron chi connectivity index (χ4n) is 3.54. The average molecular weight is 369 g/mol. The molecule has 2 amide bonds. The Bertz CT molecular complexity index is 1260. The number of anilines is 1. The molecule has 0 atom stereocenters. The van der Waals surface area contributed by atoms with Crippen LogP contribution in [0, 0.1) is 13.8 Å². The Kier molecular flexibility index (Phi) is 3.42. The number of aromatic nitrogens is 2. The zero-order valence-electron chi connectivity index (χ0n) is 15.3. The van der Waals surface area contributed by atoms with Crippen LogP contribution in [-0.2, 0) is 0 Å². The van der Waals surface area contributed by atoms with Crippen molar-refractivity contribution >= 4 is 28.7 Å². The zero-order valence-corrected chi connectivity index (χ0v) is 15.3. The summed E-state index contributed by atoms with van der Waals surface area (Å²) in [5, 5.41) is 0. The Balaban J connectivity index is 1.59. The third kappa shape index (κ3) is 2.35. The minimum Gasteiger partial charge on any atom is -0.434 e. The summed E-state index contributed by atoms with van der Waals surface area (Å²) < 4.78 is 5.74. The summed E-state index contributed by atoms with van der Waals surface area (Å²) in [4.78, 5) is 35.7. The van der Waals surface area contributed by atoms with E-state index in [1.54, 1.807) is 42.6 Å². The van der Waals surface area contributed by atoms with Crippen molar-refractivity contribution in [3.63, 3.8) is 0 Å². The molecule has 5 rings (SSSR count). The van der Waals surface area contributed by atoms with Gasteiger partial charge in [-0.05, 0) is 55.8 Å². The predicted octanol–water partition coefficient (Wildman–Crippen LogP) is 4.31. The molecule has 136 valence electrons. The lowest BCUT2D eigenvalue weighted by atomic mass is 10.1. The SMILES string of the molecule is Cc1ccc(N2C(=O)c3ccc(-c4nc5ncccc5o4)cc3C2=O)c(C)c1. The van der Waals surface area contributed by atoms with Crippen LogP contribution in [0.3, 0.4) is 0 Å². The number of aryl methyl sites for hydroxylation is 2. The summed E-state index contributed by atoms with van der Waals surface area (Å²) in [6.45, 7) is 3.86. The topological polar surface area (TPSA) is 76.3 Å². The van der Waals surface area contributed by atoms with Crippen LogP contribution in [-0.4, -0.2) is 21.8 Å². The van der Waals surface area contributed by atoms with Crippen LogP contribution in [0.1, 0.15) is 31.8 Å². The number of carbonyl (C=O) groups excluding carboxylic acids is 2. The van der Waals surface area contributed by atoms with Gasteiger partial charge < -0.3 is 4.42 Å². The molecule has 6 heteroatoms. The van der Waals surface area contributed by atoms with E-state index in [0.717, 1.165) is 11.1 Å². The van der Waals surface area contributed by atoms with E-state index >= 15 is 0 Å². The molecule has 2 aromatic heterocycles. The molecule has 0 spiro atoms. The van der Waals surface area contributed by atoms with Crippen LogP contribution >= 0.6 is 0 Å². The van der Waals surface area contributed by atoms with Gasteiger partial charge in [-0.1, -0.05) is 17.7 Å². The molecular formula is C22H15N3O3. The minimum absolute atomic E-state index is 0.322. The van der Waals surface area contributed by atoms with Gasteiger partial charge in [0.1, 0.15) is 0 Å². The van der Waals surface area contributed by atoms with Crippen LogP contribution < -0.4 is 4.90 Å². The highest BCUT2D eigenvalue weighted by Crippen LogP contribution is 2.33. The summed E-state index contributed by atoms with van der Waals surface area (Å²) in [5.41, 5.74) is 4.96.